The van der Waals surface area contributed by atoms with Crippen molar-refractivity contribution in [2.24, 2.45) is 11.8 Å². The minimum Gasteiger partial charge on any atom is -0.313 e. The zero-order chi connectivity index (χ0) is 7.68. The van der Waals surface area contributed by atoms with E-state index in [9.17, 15) is 0 Å². The molecule has 0 aromatic heterocycles. The van der Waals surface area contributed by atoms with E-state index in [4.69, 9.17) is 0 Å². The Hall–Kier alpha value is -0.0400. The lowest BCUT2D eigenvalue weighted by atomic mass is 9.77. The van der Waals surface area contributed by atoms with E-state index in [1.165, 1.54) is 38.6 Å². The standard InChI is InChI=1S/C10H19N/c1-8-6-9-4-2-3-5-10(9)11-7-8/h8-11H,2-7H2,1H3/t8-,9-,10+/m1/s1. The predicted molar refractivity (Wildman–Crippen MR) is 47.5 cm³/mol. The van der Waals surface area contributed by atoms with Crippen LogP contribution in [0.15, 0.2) is 0 Å². The van der Waals surface area contributed by atoms with E-state index < -0.39 is 0 Å². The molecule has 0 amide bonds. The number of piperidine rings is 1. The first-order valence-electron chi connectivity index (χ1n) is 5.09. The van der Waals surface area contributed by atoms with Crippen molar-refractivity contribution in [3.8, 4) is 0 Å². The van der Waals surface area contributed by atoms with Crippen molar-refractivity contribution in [3.05, 3.63) is 0 Å². The fourth-order valence-corrected chi connectivity index (χ4v) is 2.71. The highest BCUT2D eigenvalue weighted by Crippen LogP contribution is 2.32. The number of hydrogen-bond donors (Lipinski definition) is 1. The van der Waals surface area contributed by atoms with Crippen molar-refractivity contribution < 1.29 is 0 Å². The molecular formula is C10H19N. The molecule has 1 heteroatoms. The van der Waals surface area contributed by atoms with Crippen LogP contribution in [0.5, 0.6) is 0 Å². The molecule has 2 rings (SSSR count). The topological polar surface area (TPSA) is 12.0 Å². The first-order valence-corrected chi connectivity index (χ1v) is 5.09. The molecule has 1 N–H and O–H groups in total. The average Bonchev–Trinajstić information content (AvgIpc) is 2.04. The SMILES string of the molecule is C[C@H]1CN[C@H]2CCCC[C@@H]2C1. The minimum atomic E-state index is 0.889. The van der Waals surface area contributed by atoms with Gasteiger partial charge in [0.25, 0.3) is 0 Å². The second kappa shape index (κ2) is 3.14. The first-order chi connectivity index (χ1) is 5.36. The van der Waals surface area contributed by atoms with E-state index in [1.807, 2.05) is 0 Å². The summed E-state index contributed by atoms with van der Waals surface area (Å²) in [6.07, 6.45) is 7.36. The zero-order valence-electron chi connectivity index (χ0n) is 7.47. The molecule has 64 valence electrons. The van der Waals surface area contributed by atoms with Crippen LogP contribution in [0.3, 0.4) is 0 Å². The Bertz CT molecular complexity index is 133. The third-order valence-corrected chi connectivity index (χ3v) is 3.34. The van der Waals surface area contributed by atoms with Crippen molar-refractivity contribution in [2.75, 3.05) is 6.54 Å². The van der Waals surface area contributed by atoms with Gasteiger partial charge in [0.05, 0.1) is 0 Å². The molecule has 1 nitrogen and oxygen atoms in total. The van der Waals surface area contributed by atoms with Gasteiger partial charge in [0.1, 0.15) is 0 Å². The van der Waals surface area contributed by atoms with Crippen LogP contribution >= 0.6 is 0 Å². The van der Waals surface area contributed by atoms with Crippen LogP contribution in [0.4, 0.5) is 0 Å². The maximum atomic E-state index is 3.67. The summed E-state index contributed by atoms with van der Waals surface area (Å²) in [4.78, 5) is 0. The molecule has 1 heterocycles. The van der Waals surface area contributed by atoms with Crippen LogP contribution in [0.25, 0.3) is 0 Å². The number of fused-ring (bicyclic) bond motifs is 1. The van der Waals surface area contributed by atoms with Gasteiger partial charge in [0.2, 0.25) is 0 Å². The highest BCUT2D eigenvalue weighted by molar-refractivity contribution is 4.86. The van der Waals surface area contributed by atoms with Crippen molar-refractivity contribution in [3.63, 3.8) is 0 Å². The van der Waals surface area contributed by atoms with Crippen LogP contribution in [-0.2, 0) is 0 Å². The summed E-state index contributed by atoms with van der Waals surface area (Å²) in [5, 5.41) is 3.67. The summed E-state index contributed by atoms with van der Waals surface area (Å²) in [7, 11) is 0. The highest BCUT2D eigenvalue weighted by Gasteiger charge is 2.29. The highest BCUT2D eigenvalue weighted by atomic mass is 14.9. The quantitative estimate of drug-likeness (QED) is 0.562. The van der Waals surface area contributed by atoms with Crippen molar-refractivity contribution in [2.45, 2.75) is 45.1 Å². The van der Waals surface area contributed by atoms with Crippen molar-refractivity contribution in [1.82, 2.24) is 5.32 Å². The monoisotopic (exact) mass is 153 g/mol. The molecule has 0 radical (unpaired) electrons. The third-order valence-electron chi connectivity index (χ3n) is 3.34. The molecule has 0 aromatic carbocycles. The van der Waals surface area contributed by atoms with E-state index in [-0.39, 0.29) is 0 Å². The second-order valence-corrected chi connectivity index (χ2v) is 4.40. The van der Waals surface area contributed by atoms with Crippen LogP contribution in [0, 0.1) is 11.8 Å². The molecule has 0 aromatic rings. The molecule has 1 saturated carbocycles. The van der Waals surface area contributed by atoms with Gasteiger partial charge in [-0.05, 0) is 37.6 Å². The van der Waals surface area contributed by atoms with Gasteiger partial charge in [-0.3, -0.25) is 0 Å². The van der Waals surface area contributed by atoms with Crippen LogP contribution in [-0.4, -0.2) is 12.6 Å². The fraction of sp³-hybridized carbons (Fsp3) is 1.00. The second-order valence-electron chi connectivity index (χ2n) is 4.40. The summed E-state index contributed by atoms with van der Waals surface area (Å²) < 4.78 is 0. The summed E-state index contributed by atoms with van der Waals surface area (Å²) in [5.41, 5.74) is 0. The molecule has 1 saturated heterocycles. The van der Waals surface area contributed by atoms with E-state index in [0.29, 0.717) is 0 Å². The lowest BCUT2D eigenvalue weighted by Gasteiger charge is -2.39. The van der Waals surface area contributed by atoms with Crippen LogP contribution in [0.2, 0.25) is 0 Å². The van der Waals surface area contributed by atoms with Gasteiger partial charge in [0, 0.05) is 6.04 Å². The van der Waals surface area contributed by atoms with Gasteiger partial charge >= 0.3 is 0 Å². The summed E-state index contributed by atoms with van der Waals surface area (Å²) in [6, 6.07) is 0.889. The lowest BCUT2D eigenvalue weighted by molar-refractivity contribution is 0.175. The maximum Gasteiger partial charge on any atom is 0.00955 e. The van der Waals surface area contributed by atoms with E-state index in [0.717, 1.165) is 17.9 Å². The first kappa shape index (κ1) is 7.60. The van der Waals surface area contributed by atoms with Gasteiger partial charge in [0.15, 0.2) is 0 Å². The number of nitrogens with one attached hydrogen (secondary N) is 1. The lowest BCUT2D eigenvalue weighted by Crippen LogP contribution is -2.46. The molecule has 11 heavy (non-hydrogen) atoms. The smallest absolute Gasteiger partial charge is 0.00955 e. The normalized spacial score (nSPS) is 45.0. The summed E-state index contributed by atoms with van der Waals surface area (Å²) in [5.74, 6) is 1.95. The molecule has 0 bridgehead atoms. The molecular weight excluding hydrogens is 134 g/mol. The van der Waals surface area contributed by atoms with Gasteiger partial charge in [-0.1, -0.05) is 19.8 Å². The molecule has 0 unspecified atom stereocenters. The maximum absolute atomic E-state index is 3.67. The van der Waals surface area contributed by atoms with E-state index >= 15 is 0 Å². The molecule has 2 fully saturated rings. The summed E-state index contributed by atoms with van der Waals surface area (Å²) >= 11 is 0. The number of hydrogen-bond acceptors (Lipinski definition) is 1. The average molecular weight is 153 g/mol. The largest absolute Gasteiger partial charge is 0.313 e. The Morgan fingerprint density at radius 3 is 2.91 bits per heavy atom. The Morgan fingerprint density at radius 2 is 2.00 bits per heavy atom. The van der Waals surface area contributed by atoms with Gasteiger partial charge < -0.3 is 5.32 Å². The van der Waals surface area contributed by atoms with E-state index in [1.54, 1.807) is 0 Å². The molecule has 2 aliphatic rings. The Morgan fingerprint density at radius 1 is 1.18 bits per heavy atom. The number of rotatable bonds is 0. The molecule has 1 aliphatic carbocycles. The van der Waals surface area contributed by atoms with E-state index in [2.05, 4.69) is 12.2 Å². The molecule has 1 aliphatic heterocycles. The van der Waals surface area contributed by atoms with Crippen molar-refractivity contribution in [1.29, 1.82) is 0 Å². The van der Waals surface area contributed by atoms with Gasteiger partial charge in [-0.15, -0.1) is 0 Å². The molecule has 3 atom stereocenters. The Balaban J connectivity index is 1.93. The minimum absolute atomic E-state index is 0.889. The fourth-order valence-electron chi connectivity index (χ4n) is 2.71. The predicted octanol–water partition coefficient (Wildman–Crippen LogP) is 2.17. The van der Waals surface area contributed by atoms with Crippen LogP contribution in [0.1, 0.15) is 39.0 Å². The Labute approximate surface area is 69.6 Å². The van der Waals surface area contributed by atoms with Gasteiger partial charge in [-0.25, -0.2) is 0 Å². The van der Waals surface area contributed by atoms with Crippen LogP contribution < -0.4 is 5.32 Å². The molecule has 0 spiro atoms. The Kier molecular flexibility index (Phi) is 2.17. The van der Waals surface area contributed by atoms with Crippen molar-refractivity contribution >= 4 is 0 Å². The zero-order valence-corrected chi connectivity index (χ0v) is 7.47. The third kappa shape index (κ3) is 1.58. The summed E-state index contributed by atoms with van der Waals surface area (Å²) in [6.45, 7) is 3.64. The van der Waals surface area contributed by atoms with Gasteiger partial charge in [-0.2, -0.15) is 0 Å².